The minimum atomic E-state index is -1.69. The van der Waals surface area contributed by atoms with E-state index in [9.17, 15) is 38.7 Å². The van der Waals surface area contributed by atoms with Crippen molar-refractivity contribution in [2.75, 3.05) is 17.6 Å². The Bertz CT molecular complexity index is 1760. The van der Waals surface area contributed by atoms with Gasteiger partial charge in [-0.2, -0.15) is 17.6 Å². The highest BCUT2D eigenvalue weighted by Crippen LogP contribution is 2.23. The van der Waals surface area contributed by atoms with Crippen LogP contribution in [0.2, 0.25) is 0 Å². The molecule has 278 valence electrons. The van der Waals surface area contributed by atoms with Crippen molar-refractivity contribution in [1.29, 1.82) is 0 Å². The van der Waals surface area contributed by atoms with E-state index in [1.54, 1.807) is 12.1 Å². The van der Waals surface area contributed by atoms with Gasteiger partial charge in [0.05, 0.1) is 30.6 Å². The van der Waals surface area contributed by atoms with Crippen LogP contribution in [0.25, 0.3) is 5.70 Å². The van der Waals surface area contributed by atoms with Gasteiger partial charge >= 0.3 is 17.9 Å². The van der Waals surface area contributed by atoms with E-state index >= 15 is 0 Å². The molecule has 0 unspecified atom stereocenters. The molecule has 0 aliphatic carbocycles. The number of carboxylic acids is 3. The van der Waals surface area contributed by atoms with E-state index in [0.29, 0.717) is 28.6 Å². The van der Waals surface area contributed by atoms with Crippen LogP contribution in [0.15, 0.2) is 42.0 Å². The van der Waals surface area contributed by atoms with Crippen molar-refractivity contribution >= 4 is 77.3 Å². The highest BCUT2D eigenvalue weighted by Gasteiger charge is 2.29. The van der Waals surface area contributed by atoms with Gasteiger partial charge in [0.25, 0.3) is 5.91 Å². The van der Waals surface area contributed by atoms with Crippen molar-refractivity contribution in [1.82, 2.24) is 36.6 Å². The van der Waals surface area contributed by atoms with E-state index < -0.39 is 85.1 Å². The summed E-state index contributed by atoms with van der Waals surface area (Å²) in [6.07, 6.45) is -0.0950. The molecule has 3 rings (SSSR count). The largest absolute Gasteiger partial charge is 0.481 e. The number of amides is 4. The molecule has 4 amide bonds. The molecule has 13 N–H and O–H groups in total. The number of thiol groups is 1. The lowest BCUT2D eigenvalue weighted by atomic mass is 10.1. The third-order valence-electron chi connectivity index (χ3n) is 7.14. The summed E-state index contributed by atoms with van der Waals surface area (Å²) in [4.78, 5) is 97.0. The molecule has 52 heavy (non-hydrogen) atoms. The molecule has 0 fully saturated rings. The third-order valence-corrected chi connectivity index (χ3v) is 7.51. The average Bonchev–Trinajstić information content (AvgIpc) is 3.09. The minimum absolute atomic E-state index is 0.142. The molecular formula is C30H37N11O10S. The van der Waals surface area contributed by atoms with Gasteiger partial charge in [0.2, 0.25) is 17.7 Å². The van der Waals surface area contributed by atoms with Gasteiger partial charge in [0.15, 0.2) is 11.8 Å². The van der Waals surface area contributed by atoms with Crippen molar-refractivity contribution in [3.63, 3.8) is 0 Å². The van der Waals surface area contributed by atoms with Crippen molar-refractivity contribution in [2.45, 2.75) is 50.0 Å². The number of rotatable bonds is 19. The fourth-order valence-corrected chi connectivity index (χ4v) is 4.62. The third kappa shape index (κ3) is 11.9. The van der Waals surface area contributed by atoms with Gasteiger partial charge in [-0.25, -0.2) is 19.6 Å². The van der Waals surface area contributed by atoms with E-state index in [2.05, 4.69) is 66.1 Å². The number of carboxylic acid groups (broad SMARTS) is 3. The van der Waals surface area contributed by atoms with E-state index in [1.807, 2.05) is 0 Å². The predicted octanol–water partition coefficient (Wildman–Crippen LogP) is -2.53. The van der Waals surface area contributed by atoms with Crippen LogP contribution in [0, 0.1) is 0 Å². The average molecular weight is 744 g/mol. The lowest BCUT2D eigenvalue weighted by Gasteiger charge is -2.21. The Balaban J connectivity index is 1.46. The zero-order chi connectivity index (χ0) is 38.5. The monoisotopic (exact) mass is 743 g/mol. The lowest BCUT2D eigenvalue weighted by Crippen LogP contribution is -2.57. The number of carbonyl (C=O) groups is 7. The van der Waals surface area contributed by atoms with Crippen LogP contribution in [0.1, 0.15) is 41.0 Å². The first-order valence-corrected chi connectivity index (χ1v) is 15.9. The number of nitrogens with one attached hydrogen (secondary N) is 6. The first kappa shape index (κ1) is 40.1. The SMILES string of the molecule is C=C1NC(N)=Nc2ncc(CNc3ccc(C(=O)N[C@@H](CCC(=O)NC[C@H](N)C(=O)N[C@@H](CC(=O)O)C(=O)N[C@@H](CS)C(=O)O)C(=O)O)cc3)nc21. The Hall–Kier alpha value is -6.29. The Morgan fingerprint density at radius 2 is 1.58 bits per heavy atom. The second-order valence-corrected chi connectivity index (χ2v) is 11.5. The normalized spacial score (nSPS) is 14.1. The summed E-state index contributed by atoms with van der Waals surface area (Å²) in [5.74, 6) is -7.70. The number of hydrogen-bond acceptors (Lipinski definition) is 15. The number of hydrogen-bond donors (Lipinski definition) is 12. The predicted molar refractivity (Wildman–Crippen MR) is 186 cm³/mol. The van der Waals surface area contributed by atoms with Crippen molar-refractivity contribution < 1.29 is 48.9 Å². The van der Waals surface area contributed by atoms with Crippen LogP contribution in [-0.2, 0) is 35.3 Å². The maximum Gasteiger partial charge on any atom is 0.327 e. The molecule has 1 aliphatic heterocycles. The van der Waals surface area contributed by atoms with Crippen molar-refractivity contribution in [2.24, 2.45) is 16.5 Å². The summed E-state index contributed by atoms with van der Waals surface area (Å²) in [5.41, 5.74) is 13.7. The van der Waals surface area contributed by atoms with Crippen LogP contribution in [0.4, 0.5) is 11.5 Å². The summed E-state index contributed by atoms with van der Waals surface area (Å²) in [6.45, 7) is 3.63. The van der Waals surface area contributed by atoms with Gasteiger partial charge in [-0.3, -0.25) is 24.0 Å². The molecule has 2 aromatic rings. The Morgan fingerprint density at radius 3 is 2.19 bits per heavy atom. The molecule has 0 saturated heterocycles. The summed E-state index contributed by atoms with van der Waals surface area (Å²) in [7, 11) is 0. The molecule has 22 heteroatoms. The molecule has 1 aromatic heterocycles. The second-order valence-electron chi connectivity index (χ2n) is 11.1. The summed E-state index contributed by atoms with van der Waals surface area (Å²) < 4.78 is 0. The number of guanidine groups is 1. The topological polar surface area (TPSA) is 343 Å². The molecule has 1 aromatic carbocycles. The summed E-state index contributed by atoms with van der Waals surface area (Å²) in [6, 6.07) is 0.0523. The molecular weight excluding hydrogens is 706 g/mol. The van der Waals surface area contributed by atoms with E-state index in [0.717, 1.165) is 0 Å². The zero-order valence-corrected chi connectivity index (χ0v) is 28.2. The van der Waals surface area contributed by atoms with Crippen molar-refractivity contribution in [3.8, 4) is 0 Å². The van der Waals surface area contributed by atoms with Crippen molar-refractivity contribution in [3.05, 3.63) is 54.0 Å². The number of anilines is 1. The van der Waals surface area contributed by atoms with Gasteiger partial charge in [-0.15, -0.1) is 0 Å². The van der Waals surface area contributed by atoms with Crippen LogP contribution in [-0.4, -0.2) is 109 Å². The molecule has 1 aliphatic rings. The van der Waals surface area contributed by atoms with Crippen LogP contribution < -0.4 is 43.4 Å². The number of fused-ring (bicyclic) bond motifs is 1. The number of aliphatic imine (C=N–C) groups is 1. The van der Waals surface area contributed by atoms with Gasteiger partial charge in [-0.1, -0.05) is 6.58 Å². The number of nitrogens with zero attached hydrogens (tertiary/aromatic N) is 3. The number of aromatic nitrogens is 2. The summed E-state index contributed by atoms with van der Waals surface area (Å²) in [5, 5.41) is 42.5. The van der Waals surface area contributed by atoms with Crippen LogP contribution >= 0.6 is 12.6 Å². The zero-order valence-electron chi connectivity index (χ0n) is 27.3. The molecule has 0 spiro atoms. The highest BCUT2D eigenvalue weighted by molar-refractivity contribution is 7.80. The number of carbonyl (C=O) groups excluding carboxylic acids is 4. The standard InChI is InChI=1S/C30H37N11O10S/c1-13-23-24(41-30(32)36-13)35-10-16(37-23)9-33-15-4-2-14(3-5-15)25(45)38-18(28(48)49)6-7-21(42)34-11-17(31)26(46)39-19(8-22(43)44)27(47)40-20(12-52)29(50)51/h2-5,10,17-20,33,52H,1,6-9,11-12,31H2,(H,34,42)(H,38,45)(H,39,46)(H,40,47)(H,43,44)(H,48,49)(H,50,51)(H3,32,35,36,41)/t17-,18-,19-,20-/m0/s1. The lowest BCUT2D eigenvalue weighted by molar-refractivity contribution is -0.143. The fraction of sp³-hybridized carbons (Fsp3) is 0.333. The Kier molecular flexibility index (Phi) is 14.4. The maximum atomic E-state index is 12.8. The highest BCUT2D eigenvalue weighted by atomic mass is 32.1. The number of nitrogens with two attached hydrogens (primary N) is 2. The Morgan fingerprint density at radius 1 is 0.923 bits per heavy atom. The van der Waals surface area contributed by atoms with Gasteiger partial charge in [0, 0.05) is 30.0 Å². The summed E-state index contributed by atoms with van der Waals surface area (Å²) >= 11 is 3.80. The minimum Gasteiger partial charge on any atom is -0.481 e. The van der Waals surface area contributed by atoms with E-state index in [4.69, 9.17) is 21.7 Å². The maximum absolute atomic E-state index is 12.8. The van der Waals surface area contributed by atoms with Gasteiger partial charge in [-0.05, 0) is 30.7 Å². The number of aliphatic carboxylic acids is 3. The van der Waals surface area contributed by atoms with Crippen LogP contribution in [0.5, 0.6) is 0 Å². The molecule has 0 saturated carbocycles. The molecule has 2 heterocycles. The molecule has 0 bridgehead atoms. The Labute approximate surface area is 300 Å². The fourth-order valence-electron chi connectivity index (χ4n) is 4.38. The first-order chi connectivity index (χ1) is 24.6. The number of benzene rings is 1. The first-order valence-electron chi connectivity index (χ1n) is 15.3. The molecule has 4 atom stereocenters. The van der Waals surface area contributed by atoms with Crippen LogP contribution in [0.3, 0.4) is 0 Å². The second kappa shape index (κ2) is 18.6. The molecule has 21 nitrogen and oxygen atoms in total. The van der Waals surface area contributed by atoms with Gasteiger partial charge in [0.1, 0.15) is 29.9 Å². The van der Waals surface area contributed by atoms with Gasteiger partial charge < -0.3 is 58.7 Å². The van der Waals surface area contributed by atoms with E-state index in [1.165, 1.54) is 18.3 Å². The smallest absolute Gasteiger partial charge is 0.327 e. The molecule has 0 radical (unpaired) electrons. The van der Waals surface area contributed by atoms with E-state index in [-0.39, 0.29) is 30.2 Å². The quantitative estimate of drug-likeness (QED) is 0.0660.